The van der Waals surface area contributed by atoms with Crippen LogP contribution in [0.5, 0.6) is 23.0 Å². The highest BCUT2D eigenvalue weighted by atomic mass is 16.5. The summed E-state index contributed by atoms with van der Waals surface area (Å²) in [6.07, 6.45) is 0.0862. The molecule has 0 amide bonds. The zero-order chi connectivity index (χ0) is 30.0. The zero-order valence-corrected chi connectivity index (χ0v) is 23.3. The van der Waals surface area contributed by atoms with E-state index in [4.69, 9.17) is 4.74 Å². The van der Waals surface area contributed by atoms with Gasteiger partial charge in [0, 0.05) is 55.3 Å². The number of phenols is 3. The summed E-state index contributed by atoms with van der Waals surface area (Å²) in [5.41, 5.74) is -5.68. The first kappa shape index (κ1) is 28.5. The van der Waals surface area contributed by atoms with Crippen LogP contribution in [-0.2, 0) is 0 Å². The van der Waals surface area contributed by atoms with Crippen LogP contribution in [0.3, 0.4) is 0 Å². The minimum Gasteiger partial charge on any atom is -0.507 e. The van der Waals surface area contributed by atoms with Crippen molar-refractivity contribution in [3.63, 3.8) is 0 Å². The maximum Gasteiger partial charge on any atom is 0.237 e. The first-order valence-corrected chi connectivity index (χ1v) is 12.9. The van der Waals surface area contributed by atoms with E-state index in [1.807, 2.05) is 13.8 Å². The molecule has 0 unspecified atom stereocenters. The molecule has 0 saturated heterocycles. The first-order chi connectivity index (χ1) is 18.7. The second kappa shape index (κ2) is 9.89. The third-order valence-electron chi connectivity index (χ3n) is 7.45. The molecular weight excluding hydrogens is 516 g/mol. The minimum absolute atomic E-state index is 0.00648. The van der Waals surface area contributed by atoms with Gasteiger partial charge in [-0.15, -0.1) is 0 Å². The van der Waals surface area contributed by atoms with Gasteiger partial charge in [0.05, 0.1) is 12.2 Å². The summed E-state index contributed by atoms with van der Waals surface area (Å²) in [6.45, 7) is 11.6. The van der Waals surface area contributed by atoms with Gasteiger partial charge in [0.2, 0.25) is 10.9 Å². The Balaban J connectivity index is 2.32. The normalized spacial score (nSPS) is 11.7. The molecule has 0 spiro atoms. The number of benzene rings is 4. The molecular formula is C31H30O9. The summed E-state index contributed by atoms with van der Waals surface area (Å²) in [4.78, 5) is 65.3. The highest BCUT2D eigenvalue weighted by Crippen LogP contribution is 2.51. The Morgan fingerprint density at radius 1 is 0.750 bits per heavy atom. The molecule has 2 aromatic rings. The molecule has 0 saturated carbocycles. The van der Waals surface area contributed by atoms with E-state index in [-0.39, 0.29) is 80.2 Å². The molecule has 2 aromatic carbocycles. The molecule has 0 fully saturated rings. The van der Waals surface area contributed by atoms with E-state index in [9.17, 15) is 39.3 Å². The largest absolute Gasteiger partial charge is 0.507 e. The van der Waals surface area contributed by atoms with Gasteiger partial charge in [0.25, 0.3) is 0 Å². The fraction of sp³-hybridized carbons (Fsp3) is 0.323. The maximum absolute atomic E-state index is 14.1. The van der Waals surface area contributed by atoms with Gasteiger partial charge in [0.15, 0.2) is 28.6 Å². The summed E-state index contributed by atoms with van der Waals surface area (Å²) in [6, 6.07) is 1.20. The molecule has 9 heteroatoms. The van der Waals surface area contributed by atoms with Crippen molar-refractivity contribution in [2.24, 2.45) is 0 Å². The van der Waals surface area contributed by atoms with Crippen LogP contribution < -0.4 is 26.5 Å². The lowest BCUT2D eigenvalue weighted by Crippen LogP contribution is -2.38. The van der Waals surface area contributed by atoms with Crippen molar-refractivity contribution in [3.8, 4) is 45.3 Å². The van der Waals surface area contributed by atoms with E-state index in [1.165, 1.54) is 19.9 Å². The van der Waals surface area contributed by atoms with Crippen LogP contribution in [0.25, 0.3) is 33.0 Å². The second-order valence-corrected chi connectivity index (χ2v) is 10.5. The van der Waals surface area contributed by atoms with Crippen molar-refractivity contribution in [1.82, 2.24) is 0 Å². The smallest absolute Gasteiger partial charge is 0.237 e. The van der Waals surface area contributed by atoms with Crippen molar-refractivity contribution < 1.29 is 24.9 Å². The lowest BCUT2D eigenvalue weighted by molar-refractivity contribution is 0.112. The van der Waals surface area contributed by atoms with Crippen LogP contribution in [0.15, 0.2) is 25.2 Å². The number of hydrogen-bond acceptors (Lipinski definition) is 9. The first-order valence-electron chi connectivity index (χ1n) is 12.9. The molecule has 0 atom stereocenters. The third kappa shape index (κ3) is 3.79. The summed E-state index contributed by atoms with van der Waals surface area (Å²) in [7, 11) is 0. The Bertz CT molecular complexity index is 1910. The fourth-order valence-corrected chi connectivity index (χ4v) is 5.66. The Labute approximate surface area is 229 Å². The number of phenolic OH excluding ortho intramolecular Hbond substituents is 3. The molecule has 40 heavy (non-hydrogen) atoms. The number of aldehydes is 1. The number of aromatic hydroxyl groups is 3. The quantitative estimate of drug-likeness (QED) is 0.184. The van der Waals surface area contributed by atoms with Crippen molar-refractivity contribution in [2.45, 2.75) is 60.3 Å². The average Bonchev–Trinajstić information content (AvgIpc) is 2.89. The van der Waals surface area contributed by atoms with Gasteiger partial charge in [-0.05, 0) is 38.7 Å². The molecule has 0 heterocycles. The number of fused-ring (bicyclic) bond motifs is 2. The van der Waals surface area contributed by atoms with E-state index in [0.717, 1.165) is 0 Å². The Morgan fingerprint density at radius 2 is 1.35 bits per heavy atom. The summed E-state index contributed by atoms with van der Waals surface area (Å²) < 4.78 is 5.64. The Hall–Kier alpha value is -4.53. The third-order valence-corrected chi connectivity index (χ3v) is 7.45. The van der Waals surface area contributed by atoms with E-state index in [2.05, 4.69) is 0 Å². The number of ether oxygens (including phenoxy) is 1. The summed E-state index contributed by atoms with van der Waals surface area (Å²) in [5.74, 6) is -1.82. The number of carbonyl (C=O) groups is 1. The van der Waals surface area contributed by atoms with E-state index >= 15 is 0 Å². The van der Waals surface area contributed by atoms with E-state index in [1.54, 1.807) is 20.8 Å². The Kier molecular flexibility index (Phi) is 7.04. The SMILES string of the molecule is CCOc1c(O)cc2c(O)c(-c3c(C)c(=O)c4c(C(C)C)c(=O)c(=O)c(C=O)c-4c3=O)c(C)c(O)c2c1C(C)C. The van der Waals surface area contributed by atoms with Crippen LogP contribution in [-0.4, -0.2) is 28.2 Å². The van der Waals surface area contributed by atoms with E-state index < -0.39 is 44.5 Å². The van der Waals surface area contributed by atoms with Crippen molar-refractivity contribution in [3.05, 3.63) is 74.8 Å². The molecule has 0 aromatic heterocycles. The van der Waals surface area contributed by atoms with Crippen molar-refractivity contribution in [1.29, 1.82) is 0 Å². The van der Waals surface area contributed by atoms with Crippen molar-refractivity contribution in [2.75, 3.05) is 6.61 Å². The standard InChI is InChI=1S/C31H30O9/c1-8-40-31-17(33)9-15-22(19(31)12(4)5)25(34)13(6)20(27(15)36)21-14(7)26(35)24-18(11(2)3)30(39)28(37)16(10-32)23(24)29(21)38/h9-12,33-34,36H,8H2,1-7H3. The van der Waals surface area contributed by atoms with Crippen LogP contribution in [0.4, 0.5) is 0 Å². The second-order valence-electron chi connectivity index (χ2n) is 10.5. The van der Waals surface area contributed by atoms with Gasteiger partial charge in [-0.3, -0.25) is 24.0 Å². The number of hydrogen-bond donors (Lipinski definition) is 3. The zero-order valence-electron chi connectivity index (χ0n) is 23.3. The molecule has 3 N–H and O–H groups in total. The fourth-order valence-electron chi connectivity index (χ4n) is 5.66. The van der Waals surface area contributed by atoms with Crippen molar-refractivity contribution >= 4 is 17.1 Å². The molecule has 2 aliphatic carbocycles. The van der Waals surface area contributed by atoms with Gasteiger partial charge in [-0.2, -0.15) is 0 Å². The van der Waals surface area contributed by atoms with Gasteiger partial charge in [-0.1, -0.05) is 27.7 Å². The summed E-state index contributed by atoms with van der Waals surface area (Å²) >= 11 is 0. The predicted octanol–water partition coefficient (Wildman–Crippen LogP) is 4.12. The van der Waals surface area contributed by atoms with Gasteiger partial charge >= 0.3 is 0 Å². The monoisotopic (exact) mass is 546 g/mol. The lowest BCUT2D eigenvalue weighted by Gasteiger charge is -2.23. The molecule has 208 valence electrons. The molecule has 9 nitrogen and oxygen atoms in total. The Morgan fingerprint density at radius 3 is 1.88 bits per heavy atom. The number of carbonyl (C=O) groups excluding carboxylic acids is 1. The minimum atomic E-state index is -1.19. The molecule has 4 rings (SSSR count). The molecule has 2 aliphatic rings. The van der Waals surface area contributed by atoms with Gasteiger partial charge in [-0.25, -0.2) is 0 Å². The van der Waals surface area contributed by atoms with Gasteiger partial charge < -0.3 is 20.1 Å². The summed E-state index contributed by atoms with van der Waals surface area (Å²) in [5, 5.41) is 34.0. The lowest BCUT2D eigenvalue weighted by atomic mass is 9.81. The van der Waals surface area contributed by atoms with Crippen LogP contribution >= 0.6 is 0 Å². The average molecular weight is 547 g/mol. The molecule has 0 radical (unpaired) electrons. The highest BCUT2D eigenvalue weighted by Gasteiger charge is 2.33. The molecule has 0 aliphatic heterocycles. The van der Waals surface area contributed by atoms with Crippen LogP contribution in [0.2, 0.25) is 0 Å². The predicted molar refractivity (Wildman–Crippen MR) is 153 cm³/mol. The van der Waals surface area contributed by atoms with Gasteiger partial charge in [0.1, 0.15) is 11.5 Å². The van der Waals surface area contributed by atoms with Crippen LogP contribution in [0, 0.1) is 13.8 Å². The van der Waals surface area contributed by atoms with E-state index in [0.29, 0.717) is 5.56 Å². The number of rotatable bonds is 6. The van der Waals surface area contributed by atoms with Crippen LogP contribution in [0.1, 0.15) is 79.1 Å². The topological polar surface area (TPSA) is 155 Å². The highest BCUT2D eigenvalue weighted by molar-refractivity contribution is 6.06. The molecule has 0 bridgehead atoms. The maximum atomic E-state index is 14.1.